The monoisotopic (exact) mass is 277 g/mol. The Morgan fingerprint density at radius 3 is 2.42 bits per heavy atom. The van der Waals surface area contributed by atoms with E-state index in [2.05, 4.69) is 15.7 Å². The molecular formula is C9H12N5NaO4. The third kappa shape index (κ3) is 3.77. The average Bonchev–Trinajstić information content (AvgIpc) is 2.83. The van der Waals surface area contributed by atoms with Gasteiger partial charge >= 0.3 is 35.2 Å². The normalized spacial score (nSPS) is 9.42. The summed E-state index contributed by atoms with van der Waals surface area (Å²) in [4.78, 5) is 38.5. The van der Waals surface area contributed by atoms with Gasteiger partial charge in [-0.2, -0.15) is 0 Å². The van der Waals surface area contributed by atoms with E-state index in [1.807, 2.05) is 0 Å². The molecule has 0 saturated carbocycles. The maximum atomic E-state index is 11.4. The molecule has 98 valence electrons. The molecule has 2 aromatic rings. The Morgan fingerprint density at radius 1 is 1.42 bits per heavy atom. The molecule has 19 heavy (non-hydrogen) atoms. The molecule has 10 heteroatoms. The van der Waals surface area contributed by atoms with Gasteiger partial charge in [-0.25, -0.2) is 9.78 Å². The number of carbonyl (C=O) groups is 1. The van der Waals surface area contributed by atoms with Crippen molar-refractivity contribution >= 4 is 17.1 Å². The number of hydrogen-bond acceptors (Lipinski definition) is 6. The molecule has 2 aromatic heterocycles. The molecule has 0 fully saturated rings. The van der Waals surface area contributed by atoms with E-state index >= 15 is 0 Å². The second-order valence-electron chi connectivity index (χ2n) is 3.38. The Labute approximate surface area is 129 Å². The van der Waals surface area contributed by atoms with Crippen LogP contribution in [0.3, 0.4) is 0 Å². The largest absolute Gasteiger partial charge is 1.00 e. The van der Waals surface area contributed by atoms with Crippen LogP contribution in [0.4, 0.5) is 0 Å². The number of fused-ring (bicyclic) bond motifs is 1. The van der Waals surface area contributed by atoms with Crippen LogP contribution in [0.1, 0.15) is 0 Å². The molecule has 9 nitrogen and oxygen atoms in total. The summed E-state index contributed by atoms with van der Waals surface area (Å²) in [5.41, 5.74) is 4.52. The fourth-order valence-corrected chi connectivity index (χ4v) is 1.27. The van der Waals surface area contributed by atoms with Gasteiger partial charge in [-0.1, -0.05) is 0 Å². The van der Waals surface area contributed by atoms with Crippen LogP contribution in [0.2, 0.25) is 0 Å². The molecule has 2 heterocycles. The number of aromatic amines is 1. The van der Waals surface area contributed by atoms with Crippen LogP contribution in [0.5, 0.6) is 0 Å². The summed E-state index contributed by atoms with van der Waals surface area (Å²) in [6.07, 6.45) is 1.39. The van der Waals surface area contributed by atoms with Gasteiger partial charge in [0.05, 0.1) is 12.3 Å². The van der Waals surface area contributed by atoms with Crippen molar-refractivity contribution in [3.63, 3.8) is 0 Å². The van der Waals surface area contributed by atoms with Crippen LogP contribution < -0.4 is 51.6 Å². The number of aryl methyl sites for hydroxylation is 1. The van der Waals surface area contributed by atoms with Crippen molar-refractivity contribution in [3.05, 3.63) is 27.2 Å². The first-order chi connectivity index (χ1) is 8.40. The number of hydrogen-bond donors (Lipinski definition) is 2. The Bertz CT molecular complexity index is 686. The predicted octanol–water partition coefficient (Wildman–Crippen LogP) is -6.34. The summed E-state index contributed by atoms with van der Waals surface area (Å²) in [5, 5.41) is 9.13. The molecule has 0 radical (unpaired) electrons. The standard InChI is InChI=1S/C7H8N4O2.C2H5NO2.Na/c1-10-5-4(8-3-9-5)6(12)11(2)7(10)13;3-1-2(4)5;/h3H,1-2H3,(H,8,9);1,3H2,(H,4,5);/q;;+1/p-1. The summed E-state index contributed by atoms with van der Waals surface area (Å²) in [6, 6.07) is 0. The van der Waals surface area contributed by atoms with E-state index in [0.717, 1.165) is 4.57 Å². The van der Waals surface area contributed by atoms with Crippen LogP contribution in [-0.2, 0) is 18.9 Å². The zero-order chi connectivity index (χ0) is 13.9. The molecule has 0 spiro atoms. The van der Waals surface area contributed by atoms with Crippen molar-refractivity contribution in [1.82, 2.24) is 19.1 Å². The Balaban J connectivity index is 0.000000471. The zero-order valence-electron chi connectivity index (χ0n) is 10.8. The minimum Gasteiger partial charge on any atom is -0.549 e. The first-order valence-corrected chi connectivity index (χ1v) is 4.89. The molecule has 0 amide bonds. The number of nitrogens with two attached hydrogens (primary N) is 1. The molecule has 2 rings (SSSR count). The summed E-state index contributed by atoms with van der Waals surface area (Å²) >= 11 is 0. The van der Waals surface area contributed by atoms with Crippen LogP contribution >= 0.6 is 0 Å². The number of nitrogens with zero attached hydrogens (tertiary/aromatic N) is 3. The van der Waals surface area contributed by atoms with Gasteiger partial charge in [-0.15, -0.1) is 0 Å². The fourth-order valence-electron chi connectivity index (χ4n) is 1.27. The Hall–Kier alpha value is -1.42. The molecule has 0 bridgehead atoms. The van der Waals surface area contributed by atoms with Crippen molar-refractivity contribution in [1.29, 1.82) is 0 Å². The van der Waals surface area contributed by atoms with Gasteiger partial charge in [0.2, 0.25) is 0 Å². The SMILES string of the molecule is Cn1c(=O)c2[nH]cnc2n(C)c1=O.NCC(=O)[O-].[Na+]. The first kappa shape index (κ1) is 17.6. The molecule has 0 unspecified atom stereocenters. The number of nitrogens with one attached hydrogen (secondary N) is 1. The van der Waals surface area contributed by atoms with Crippen LogP contribution in [0.25, 0.3) is 11.2 Å². The van der Waals surface area contributed by atoms with Crippen molar-refractivity contribution in [2.24, 2.45) is 19.8 Å². The van der Waals surface area contributed by atoms with E-state index < -0.39 is 5.97 Å². The predicted molar refractivity (Wildman–Crippen MR) is 60.6 cm³/mol. The smallest absolute Gasteiger partial charge is 0.549 e. The summed E-state index contributed by atoms with van der Waals surface area (Å²) in [5.74, 6) is -1.22. The van der Waals surface area contributed by atoms with Crippen LogP contribution in [0, 0.1) is 0 Å². The van der Waals surface area contributed by atoms with Gasteiger partial charge in [0.25, 0.3) is 5.56 Å². The second kappa shape index (κ2) is 7.24. The molecule has 0 atom stereocenters. The third-order valence-corrected chi connectivity index (χ3v) is 2.20. The van der Waals surface area contributed by atoms with E-state index in [-0.39, 0.29) is 47.4 Å². The maximum Gasteiger partial charge on any atom is 1.00 e. The maximum absolute atomic E-state index is 11.4. The van der Waals surface area contributed by atoms with Gasteiger partial charge in [-0.05, 0) is 0 Å². The molecular weight excluding hydrogens is 265 g/mol. The number of H-pyrrole nitrogens is 1. The van der Waals surface area contributed by atoms with E-state index in [1.54, 1.807) is 7.05 Å². The number of imidazole rings is 1. The number of aliphatic carboxylic acids is 1. The molecule has 0 saturated heterocycles. The minimum absolute atomic E-state index is 0. The van der Waals surface area contributed by atoms with Crippen molar-refractivity contribution in [2.75, 3.05) is 6.54 Å². The number of aromatic nitrogens is 4. The van der Waals surface area contributed by atoms with Crippen molar-refractivity contribution < 1.29 is 39.5 Å². The molecule has 0 aliphatic carbocycles. The molecule has 0 aromatic carbocycles. The average molecular weight is 277 g/mol. The number of carbonyl (C=O) groups excluding carboxylic acids is 1. The number of rotatable bonds is 1. The van der Waals surface area contributed by atoms with Gasteiger partial charge in [0.15, 0.2) is 5.65 Å². The quantitative estimate of drug-likeness (QED) is 0.497. The zero-order valence-corrected chi connectivity index (χ0v) is 12.8. The number of carboxylic acids is 1. The van der Waals surface area contributed by atoms with Crippen molar-refractivity contribution in [2.45, 2.75) is 0 Å². The molecule has 3 N–H and O–H groups in total. The van der Waals surface area contributed by atoms with Gasteiger partial charge in [-0.3, -0.25) is 13.9 Å². The molecule has 0 aliphatic rings. The van der Waals surface area contributed by atoms with Gasteiger partial charge in [0, 0.05) is 20.6 Å². The van der Waals surface area contributed by atoms with Gasteiger partial charge < -0.3 is 20.6 Å². The summed E-state index contributed by atoms with van der Waals surface area (Å²) in [6.45, 7) is -0.389. The third-order valence-electron chi connectivity index (χ3n) is 2.20. The van der Waals surface area contributed by atoms with Crippen LogP contribution in [-0.4, -0.2) is 31.6 Å². The second-order valence-corrected chi connectivity index (χ2v) is 3.38. The summed E-state index contributed by atoms with van der Waals surface area (Å²) < 4.78 is 2.37. The van der Waals surface area contributed by atoms with Crippen molar-refractivity contribution in [3.8, 4) is 0 Å². The minimum atomic E-state index is -1.22. The van der Waals surface area contributed by atoms with E-state index in [9.17, 15) is 9.59 Å². The Kier molecular flexibility index (Phi) is 6.70. The van der Waals surface area contributed by atoms with Gasteiger partial charge in [0.1, 0.15) is 5.52 Å². The van der Waals surface area contributed by atoms with E-state index in [4.69, 9.17) is 9.90 Å². The topological polar surface area (TPSA) is 139 Å². The fraction of sp³-hybridized carbons (Fsp3) is 0.333. The first-order valence-electron chi connectivity index (χ1n) is 4.89. The Morgan fingerprint density at radius 2 is 1.95 bits per heavy atom. The van der Waals surface area contributed by atoms with E-state index in [1.165, 1.54) is 17.9 Å². The summed E-state index contributed by atoms with van der Waals surface area (Å²) in [7, 11) is 3.01. The van der Waals surface area contributed by atoms with E-state index in [0.29, 0.717) is 11.2 Å². The number of carboxylic acid groups (broad SMARTS) is 1. The molecule has 0 aliphatic heterocycles. The van der Waals surface area contributed by atoms with Crippen LogP contribution in [0.15, 0.2) is 15.9 Å².